The summed E-state index contributed by atoms with van der Waals surface area (Å²) in [6.07, 6.45) is 1.48. The number of hydrogen-bond donors (Lipinski definition) is 2. The van der Waals surface area contributed by atoms with Crippen molar-refractivity contribution in [2.24, 2.45) is 0 Å². The number of Topliss-reactive ketones (excluding diaryl/α,β-unsaturated/α-hetero) is 1. The average Bonchev–Trinajstić information content (AvgIpc) is 3.05. The van der Waals surface area contributed by atoms with Gasteiger partial charge in [0.1, 0.15) is 11.5 Å². The molecular formula is C36H27FN2O3S. The Kier molecular flexibility index (Phi) is 9.56. The van der Waals surface area contributed by atoms with Gasteiger partial charge in [-0.05, 0) is 65.2 Å². The van der Waals surface area contributed by atoms with Crippen LogP contribution in [0.1, 0.15) is 26.3 Å². The highest BCUT2D eigenvalue weighted by Gasteiger charge is 2.16. The van der Waals surface area contributed by atoms with E-state index in [0.717, 1.165) is 16.0 Å². The lowest BCUT2D eigenvalue weighted by Crippen LogP contribution is -2.30. The van der Waals surface area contributed by atoms with Gasteiger partial charge in [0, 0.05) is 21.7 Å². The number of carbonyl (C=O) groups is 3. The molecule has 212 valence electrons. The van der Waals surface area contributed by atoms with Gasteiger partial charge in [-0.1, -0.05) is 91.0 Å². The van der Waals surface area contributed by atoms with Crippen LogP contribution in [0.15, 0.2) is 144 Å². The van der Waals surface area contributed by atoms with Gasteiger partial charge in [-0.3, -0.25) is 14.4 Å². The van der Waals surface area contributed by atoms with Crippen LogP contribution in [-0.4, -0.2) is 23.4 Å². The maximum atomic E-state index is 13.4. The van der Waals surface area contributed by atoms with Gasteiger partial charge in [-0.2, -0.15) is 0 Å². The third-order valence-corrected chi connectivity index (χ3v) is 7.48. The molecule has 5 rings (SSSR count). The molecule has 0 atom stereocenters. The Hall–Kier alpha value is -5.27. The molecule has 0 fully saturated rings. The van der Waals surface area contributed by atoms with Crippen molar-refractivity contribution in [1.29, 1.82) is 0 Å². The van der Waals surface area contributed by atoms with Gasteiger partial charge in [-0.15, -0.1) is 11.8 Å². The summed E-state index contributed by atoms with van der Waals surface area (Å²) in [5.74, 6) is -1.19. The second kappa shape index (κ2) is 14.1. The number of ketones is 1. The van der Waals surface area contributed by atoms with E-state index in [1.165, 1.54) is 42.1 Å². The number of hydrogen-bond acceptors (Lipinski definition) is 4. The van der Waals surface area contributed by atoms with E-state index >= 15 is 0 Å². The fraction of sp³-hybridized carbons (Fsp3) is 0.0278. The molecular weight excluding hydrogens is 559 g/mol. The molecule has 5 nitrogen and oxygen atoms in total. The molecule has 43 heavy (non-hydrogen) atoms. The molecule has 5 aromatic rings. The van der Waals surface area contributed by atoms with Crippen LogP contribution >= 0.6 is 11.8 Å². The normalized spacial score (nSPS) is 11.0. The van der Waals surface area contributed by atoms with Crippen LogP contribution in [0.2, 0.25) is 0 Å². The minimum atomic E-state index is -0.551. The minimum absolute atomic E-state index is 0.00681. The summed E-state index contributed by atoms with van der Waals surface area (Å²) in [6.45, 7) is 0. The number of thioether (sulfide) groups is 1. The highest BCUT2D eigenvalue weighted by Crippen LogP contribution is 2.24. The molecule has 0 radical (unpaired) electrons. The van der Waals surface area contributed by atoms with Crippen molar-refractivity contribution in [1.82, 2.24) is 5.32 Å². The Morgan fingerprint density at radius 1 is 0.674 bits per heavy atom. The van der Waals surface area contributed by atoms with Gasteiger partial charge in [-0.25, -0.2) is 4.39 Å². The fourth-order valence-corrected chi connectivity index (χ4v) is 5.09. The first kappa shape index (κ1) is 29.2. The van der Waals surface area contributed by atoms with Crippen molar-refractivity contribution < 1.29 is 18.8 Å². The summed E-state index contributed by atoms with van der Waals surface area (Å²) < 4.78 is 13.4. The molecule has 7 heteroatoms. The minimum Gasteiger partial charge on any atom is -0.321 e. The highest BCUT2D eigenvalue weighted by molar-refractivity contribution is 8.00. The summed E-state index contributed by atoms with van der Waals surface area (Å²) >= 11 is 1.36. The molecule has 5 aromatic carbocycles. The standard InChI is InChI=1S/C36H27FN2O3S/c37-30-20-14-25(15-21-30)22-33(39-35(41)29-10-5-2-6-11-29)36(42)38-31-12-7-13-32(23-31)43-24-34(40)28-18-16-27(17-19-28)26-8-3-1-4-9-26/h1-23H,24H2,(H,38,42)(H,39,41)/b33-22-. The molecule has 2 amide bonds. The summed E-state index contributed by atoms with van der Waals surface area (Å²) in [6, 6.07) is 38.8. The number of carbonyl (C=O) groups excluding carboxylic acids is 3. The zero-order chi connectivity index (χ0) is 30.0. The summed E-state index contributed by atoms with van der Waals surface area (Å²) in [4.78, 5) is 39.8. The van der Waals surface area contributed by atoms with E-state index in [1.54, 1.807) is 48.5 Å². The van der Waals surface area contributed by atoms with Gasteiger partial charge in [0.05, 0.1) is 5.75 Å². The number of rotatable bonds is 10. The van der Waals surface area contributed by atoms with Crippen LogP contribution in [0.3, 0.4) is 0 Å². The summed E-state index contributed by atoms with van der Waals surface area (Å²) in [5.41, 5.74) is 4.17. The smallest absolute Gasteiger partial charge is 0.272 e. The molecule has 0 aliphatic rings. The first-order valence-corrected chi connectivity index (χ1v) is 14.5. The van der Waals surface area contributed by atoms with Crippen molar-refractivity contribution in [2.75, 3.05) is 11.1 Å². The first-order valence-electron chi connectivity index (χ1n) is 13.5. The molecule has 0 aliphatic heterocycles. The van der Waals surface area contributed by atoms with Crippen LogP contribution in [0.5, 0.6) is 0 Å². The number of amides is 2. The number of nitrogens with one attached hydrogen (secondary N) is 2. The van der Waals surface area contributed by atoms with Crippen LogP contribution in [-0.2, 0) is 4.79 Å². The SMILES string of the molecule is O=C(Nc1cccc(SCC(=O)c2ccc(-c3ccccc3)cc2)c1)/C(=C/c1ccc(F)cc1)NC(=O)c1ccccc1. The lowest BCUT2D eigenvalue weighted by molar-refractivity contribution is -0.113. The van der Waals surface area contributed by atoms with Crippen LogP contribution < -0.4 is 10.6 Å². The van der Waals surface area contributed by atoms with E-state index in [0.29, 0.717) is 22.4 Å². The van der Waals surface area contributed by atoms with Gasteiger partial charge in [0.25, 0.3) is 11.8 Å². The summed E-state index contributed by atoms with van der Waals surface area (Å²) in [7, 11) is 0. The molecule has 0 spiro atoms. The highest BCUT2D eigenvalue weighted by atomic mass is 32.2. The molecule has 0 aromatic heterocycles. The second-order valence-electron chi connectivity index (χ2n) is 9.57. The molecule has 0 saturated carbocycles. The molecule has 0 heterocycles. The van der Waals surface area contributed by atoms with Gasteiger partial charge >= 0.3 is 0 Å². The first-order chi connectivity index (χ1) is 20.9. The topological polar surface area (TPSA) is 75.3 Å². The third kappa shape index (κ3) is 8.15. The maximum Gasteiger partial charge on any atom is 0.272 e. The second-order valence-corrected chi connectivity index (χ2v) is 10.6. The fourth-order valence-electron chi connectivity index (χ4n) is 4.24. The largest absolute Gasteiger partial charge is 0.321 e. The molecule has 0 saturated heterocycles. The zero-order valence-corrected chi connectivity index (χ0v) is 23.8. The maximum absolute atomic E-state index is 13.4. The Balaban J connectivity index is 1.25. The van der Waals surface area contributed by atoms with Gasteiger partial charge in [0.15, 0.2) is 5.78 Å². The number of halogens is 1. The van der Waals surface area contributed by atoms with Crippen molar-refractivity contribution in [3.05, 3.63) is 162 Å². The molecule has 0 bridgehead atoms. The van der Waals surface area contributed by atoms with Gasteiger partial charge < -0.3 is 10.6 Å². The van der Waals surface area contributed by atoms with E-state index in [2.05, 4.69) is 10.6 Å². The van der Waals surface area contributed by atoms with Crippen LogP contribution in [0.4, 0.5) is 10.1 Å². The third-order valence-electron chi connectivity index (χ3n) is 6.49. The lowest BCUT2D eigenvalue weighted by Gasteiger charge is -2.12. The molecule has 0 aliphatic carbocycles. The molecule has 2 N–H and O–H groups in total. The van der Waals surface area contributed by atoms with Crippen LogP contribution in [0.25, 0.3) is 17.2 Å². The number of anilines is 1. The van der Waals surface area contributed by atoms with Crippen molar-refractivity contribution >= 4 is 41.1 Å². The van der Waals surface area contributed by atoms with Crippen LogP contribution in [0, 0.1) is 5.82 Å². The predicted molar refractivity (Wildman–Crippen MR) is 170 cm³/mol. The van der Waals surface area contributed by atoms with Crippen molar-refractivity contribution in [3.8, 4) is 11.1 Å². The summed E-state index contributed by atoms with van der Waals surface area (Å²) in [5, 5.41) is 5.49. The Labute approximate surface area is 253 Å². The van der Waals surface area contributed by atoms with E-state index in [-0.39, 0.29) is 17.2 Å². The van der Waals surface area contributed by atoms with Crippen molar-refractivity contribution in [2.45, 2.75) is 4.90 Å². The Morgan fingerprint density at radius 3 is 2.02 bits per heavy atom. The predicted octanol–water partition coefficient (Wildman–Crippen LogP) is 7.88. The number of benzene rings is 5. The monoisotopic (exact) mass is 586 g/mol. The van der Waals surface area contributed by atoms with E-state index in [4.69, 9.17) is 0 Å². The Morgan fingerprint density at radius 2 is 1.33 bits per heavy atom. The quantitative estimate of drug-likeness (QED) is 0.0992. The van der Waals surface area contributed by atoms with E-state index in [9.17, 15) is 18.8 Å². The van der Waals surface area contributed by atoms with Gasteiger partial charge in [0.2, 0.25) is 0 Å². The van der Waals surface area contributed by atoms with E-state index < -0.39 is 17.6 Å². The Bertz CT molecular complexity index is 1750. The average molecular weight is 587 g/mol. The lowest BCUT2D eigenvalue weighted by atomic mass is 10.0. The molecule has 0 unspecified atom stereocenters. The zero-order valence-electron chi connectivity index (χ0n) is 23.0. The van der Waals surface area contributed by atoms with Crippen molar-refractivity contribution in [3.63, 3.8) is 0 Å². The van der Waals surface area contributed by atoms with E-state index in [1.807, 2.05) is 60.7 Å².